The number of hydrogen-bond donors (Lipinski definition) is 2. The molecule has 0 bridgehead atoms. The highest BCUT2D eigenvalue weighted by molar-refractivity contribution is 8.06. The predicted molar refractivity (Wildman–Crippen MR) is 113 cm³/mol. The number of phosphoric acid groups is 1. The predicted octanol–water partition coefficient (Wildman–Crippen LogP) is 5.03. The highest BCUT2D eigenvalue weighted by atomic mass is 32.2. The van der Waals surface area contributed by atoms with Crippen LogP contribution in [0.4, 0.5) is 11.4 Å². The molecule has 2 aromatic carbocycles. The normalized spacial score (nSPS) is 15.6. The van der Waals surface area contributed by atoms with E-state index in [9.17, 15) is 14.4 Å². The van der Waals surface area contributed by atoms with Crippen molar-refractivity contribution in [3.63, 3.8) is 0 Å². The quantitative estimate of drug-likeness (QED) is 0.539. The van der Waals surface area contributed by atoms with E-state index >= 15 is 0 Å². The zero-order valence-electron chi connectivity index (χ0n) is 15.1. The van der Waals surface area contributed by atoms with Gasteiger partial charge in [0.1, 0.15) is 0 Å². The molecule has 0 atom stereocenters. The number of phosphoric ester groups is 1. The first-order valence-corrected chi connectivity index (χ1v) is 11.1. The Morgan fingerprint density at radius 1 is 1.07 bits per heavy atom. The fraction of sp³-hybridized carbons (Fsp3) is 0.150. The highest BCUT2D eigenvalue weighted by Gasteiger charge is 2.30. The fourth-order valence-corrected chi connectivity index (χ4v) is 4.91. The molecule has 0 radical (unpaired) electrons. The van der Waals surface area contributed by atoms with Crippen LogP contribution < -0.4 is 4.90 Å². The van der Waals surface area contributed by atoms with Gasteiger partial charge in [-0.05, 0) is 36.7 Å². The fourth-order valence-electron chi connectivity index (χ4n) is 3.32. The number of benzene rings is 2. The third-order valence-electron chi connectivity index (χ3n) is 4.51. The van der Waals surface area contributed by atoms with E-state index in [1.54, 1.807) is 6.21 Å². The largest absolute Gasteiger partial charge is 0.525 e. The second-order valence-electron chi connectivity index (χ2n) is 6.37. The van der Waals surface area contributed by atoms with E-state index in [0.717, 1.165) is 47.1 Å². The van der Waals surface area contributed by atoms with Gasteiger partial charge in [-0.3, -0.25) is 14.8 Å². The average Bonchev–Trinajstić information content (AvgIpc) is 2.68. The Labute approximate surface area is 167 Å². The highest BCUT2D eigenvalue weighted by Crippen LogP contribution is 2.52. The second-order valence-corrected chi connectivity index (χ2v) is 8.53. The van der Waals surface area contributed by atoms with Gasteiger partial charge in [-0.25, -0.2) is 4.57 Å². The molecule has 4 rings (SSSR count). The Kier molecular flexibility index (Phi) is 5.17. The molecule has 2 N–H and O–H groups in total. The number of aliphatic imine (C=N–C) groups is 1. The molecule has 8 heteroatoms. The van der Waals surface area contributed by atoms with E-state index < -0.39 is 7.82 Å². The Bertz CT molecular complexity index is 1010. The van der Waals surface area contributed by atoms with E-state index in [-0.39, 0.29) is 5.09 Å². The van der Waals surface area contributed by atoms with Crippen LogP contribution in [-0.2, 0) is 9.09 Å². The van der Waals surface area contributed by atoms with Gasteiger partial charge in [-0.1, -0.05) is 42.5 Å². The summed E-state index contributed by atoms with van der Waals surface area (Å²) in [5.41, 5.74) is 4.22. The van der Waals surface area contributed by atoms with Crippen LogP contribution in [0.1, 0.15) is 24.0 Å². The maximum atomic E-state index is 11.8. The van der Waals surface area contributed by atoms with E-state index in [1.807, 2.05) is 61.7 Å². The molecule has 6 nitrogen and oxygen atoms in total. The van der Waals surface area contributed by atoms with Gasteiger partial charge in [0.2, 0.25) is 0 Å². The lowest BCUT2D eigenvalue weighted by atomic mass is 9.91. The van der Waals surface area contributed by atoms with Gasteiger partial charge in [-0.2, -0.15) is 0 Å². The Morgan fingerprint density at radius 3 is 2.21 bits per heavy atom. The van der Waals surface area contributed by atoms with Crippen LogP contribution in [0.3, 0.4) is 0 Å². The third kappa shape index (κ3) is 3.80. The van der Waals surface area contributed by atoms with Crippen LogP contribution in [0.5, 0.6) is 0 Å². The van der Waals surface area contributed by atoms with Crippen molar-refractivity contribution in [2.45, 2.75) is 12.8 Å². The first-order chi connectivity index (χ1) is 13.4. The van der Waals surface area contributed by atoms with E-state index in [4.69, 9.17) is 4.52 Å². The number of nitrogens with zero attached hydrogens (tertiary/aromatic N) is 2. The van der Waals surface area contributed by atoms with Gasteiger partial charge in [0.05, 0.1) is 5.03 Å². The lowest BCUT2D eigenvalue weighted by Crippen LogP contribution is -2.18. The number of hydrogen-bond acceptors (Lipinski definition) is 5. The van der Waals surface area contributed by atoms with Crippen LogP contribution in [-0.4, -0.2) is 23.0 Å². The molecular weight excluding hydrogens is 395 g/mol. The van der Waals surface area contributed by atoms with Crippen molar-refractivity contribution in [2.75, 3.05) is 11.9 Å². The van der Waals surface area contributed by atoms with Crippen LogP contribution in [0.2, 0.25) is 0 Å². The van der Waals surface area contributed by atoms with Gasteiger partial charge >= 0.3 is 7.82 Å². The summed E-state index contributed by atoms with van der Waals surface area (Å²) < 4.78 is 17.0. The number of anilines is 2. The second kappa shape index (κ2) is 7.60. The molecule has 0 saturated carbocycles. The zero-order chi connectivity index (χ0) is 19.7. The molecule has 2 aliphatic heterocycles. The Hall–Kier alpha value is -2.31. The summed E-state index contributed by atoms with van der Waals surface area (Å²) in [4.78, 5) is 25.5. The number of allylic oxidation sites excluding steroid dienone is 1. The molecule has 2 aliphatic rings. The number of rotatable bonds is 4. The number of thioether (sulfide) groups is 1. The molecule has 2 heterocycles. The van der Waals surface area contributed by atoms with Crippen molar-refractivity contribution in [3.8, 4) is 0 Å². The molecule has 0 spiro atoms. The van der Waals surface area contributed by atoms with Crippen LogP contribution in [0, 0.1) is 0 Å². The molecule has 0 saturated heterocycles. The summed E-state index contributed by atoms with van der Waals surface area (Å²) in [6.45, 7) is 0. The van der Waals surface area contributed by atoms with Crippen molar-refractivity contribution in [1.82, 2.24) is 0 Å². The SMILES string of the molecule is CN1c2ccccc2C(=C(OP(=O)(O)O)SC2=CCCC=N2)c2ccccc21. The first-order valence-electron chi connectivity index (χ1n) is 8.76. The van der Waals surface area contributed by atoms with E-state index in [2.05, 4.69) is 9.89 Å². The van der Waals surface area contributed by atoms with Gasteiger partial charge in [0.25, 0.3) is 0 Å². The van der Waals surface area contributed by atoms with Crippen molar-refractivity contribution in [2.24, 2.45) is 4.99 Å². The molecule has 0 amide bonds. The lowest BCUT2D eigenvalue weighted by Gasteiger charge is -2.32. The van der Waals surface area contributed by atoms with Gasteiger partial charge in [0.15, 0.2) is 5.09 Å². The monoisotopic (exact) mass is 414 g/mol. The van der Waals surface area contributed by atoms with E-state index in [0.29, 0.717) is 10.6 Å². The van der Waals surface area contributed by atoms with Gasteiger partial charge in [0, 0.05) is 41.3 Å². The van der Waals surface area contributed by atoms with Crippen molar-refractivity contribution >= 4 is 42.7 Å². The number of para-hydroxylation sites is 2. The minimum Gasteiger partial charge on any atom is -0.396 e. The van der Waals surface area contributed by atoms with Crippen molar-refractivity contribution in [1.29, 1.82) is 0 Å². The summed E-state index contributed by atoms with van der Waals surface area (Å²) >= 11 is 1.14. The minimum absolute atomic E-state index is 0.145. The molecule has 0 fully saturated rings. The topological polar surface area (TPSA) is 82.4 Å². The molecule has 0 aromatic heterocycles. The molecule has 0 unspecified atom stereocenters. The molecule has 0 aliphatic carbocycles. The molecule has 144 valence electrons. The summed E-state index contributed by atoms with van der Waals surface area (Å²) in [5, 5.41) is 0.808. The van der Waals surface area contributed by atoms with E-state index in [1.165, 1.54) is 0 Å². The molecule has 28 heavy (non-hydrogen) atoms. The summed E-state index contributed by atoms with van der Waals surface area (Å²) in [5.74, 6) is 0. The lowest BCUT2D eigenvalue weighted by molar-refractivity contribution is 0.255. The number of fused-ring (bicyclic) bond motifs is 2. The van der Waals surface area contributed by atoms with Gasteiger partial charge in [-0.15, -0.1) is 0 Å². The van der Waals surface area contributed by atoms with Crippen LogP contribution in [0.15, 0.2) is 69.7 Å². The maximum absolute atomic E-state index is 11.8. The standard InChI is InChI=1S/C20H19N2O4PS/c1-22-16-10-4-2-8-14(16)19(15-9-3-5-11-17(15)22)20(26-27(23,24)25)28-18-12-6-7-13-21-18/h2-5,8-13H,6-7H2,1H3,(H2,23,24,25). The minimum atomic E-state index is -4.77. The van der Waals surface area contributed by atoms with Crippen molar-refractivity contribution in [3.05, 3.63) is 75.9 Å². The molecule has 2 aromatic rings. The first kappa shape index (κ1) is 19.0. The average molecular weight is 414 g/mol. The summed E-state index contributed by atoms with van der Waals surface area (Å²) in [6, 6.07) is 15.5. The van der Waals surface area contributed by atoms with Crippen LogP contribution in [0.25, 0.3) is 5.57 Å². The van der Waals surface area contributed by atoms with Crippen LogP contribution >= 0.6 is 19.6 Å². The maximum Gasteiger partial charge on any atom is 0.525 e. The Balaban J connectivity index is 1.96. The van der Waals surface area contributed by atoms with Gasteiger partial charge < -0.3 is 9.42 Å². The summed E-state index contributed by atoms with van der Waals surface area (Å²) in [7, 11) is -2.80. The molecular formula is C20H19N2O4PS. The van der Waals surface area contributed by atoms with Crippen molar-refractivity contribution < 1.29 is 18.9 Å². The zero-order valence-corrected chi connectivity index (χ0v) is 16.9. The smallest absolute Gasteiger partial charge is 0.396 e. The summed E-state index contributed by atoms with van der Waals surface area (Å²) in [6.07, 6.45) is 5.44. The third-order valence-corrected chi connectivity index (χ3v) is 6.00. The Morgan fingerprint density at radius 2 is 1.68 bits per heavy atom.